The molecular weight excluding hydrogens is 463 g/mol. The van der Waals surface area contributed by atoms with Crippen LogP contribution >= 0.6 is 0 Å². The Kier molecular flexibility index (Phi) is 6.12. The summed E-state index contributed by atoms with van der Waals surface area (Å²) < 4.78 is 70.5. The van der Waals surface area contributed by atoms with Crippen molar-refractivity contribution in [1.82, 2.24) is 14.8 Å². The Morgan fingerprint density at radius 2 is 1.54 bits per heavy atom. The Morgan fingerprint density at radius 1 is 0.857 bits per heavy atom. The maximum absolute atomic E-state index is 15.0. The third kappa shape index (κ3) is 4.62. The minimum atomic E-state index is -5.18. The number of halogens is 5. The van der Waals surface area contributed by atoms with E-state index in [-0.39, 0.29) is 5.69 Å². The van der Waals surface area contributed by atoms with E-state index in [0.29, 0.717) is 23.1 Å². The van der Waals surface area contributed by atoms with Gasteiger partial charge in [-0.1, -0.05) is 18.2 Å². The van der Waals surface area contributed by atoms with Gasteiger partial charge in [0, 0.05) is 31.5 Å². The van der Waals surface area contributed by atoms with Crippen LogP contribution in [0.2, 0.25) is 0 Å². The number of benzene rings is 2. The monoisotopic (exact) mass is 486 g/mol. The van der Waals surface area contributed by atoms with Gasteiger partial charge < -0.3 is 4.90 Å². The van der Waals surface area contributed by atoms with Gasteiger partial charge in [0.25, 0.3) is 0 Å². The summed E-state index contributed by atoms with van der Waals surface area (Å²) >= 11 is 0. The molecular formula is C26H23F5N4. The summed E-state index contributed by atoms with van der Waals surface area (Å²) in [5, 5.41) is 4.67. The third-order valence-corrected chi connectivity index (χ3v) is 5.87. The van der Waals surface area contributed by atoms with Gasteiger partial charge in [0.1, 0.15) is 17.2 Å². The van der Waals surface area contributed by atoms with Gasteiger partial charge in [0.2, 0.25) is 0 Å². The Bertz CT molecular complexity index is 1360. The Labute approximate surface area is 199 Å². The van der Waals surface area contributed by atoms with Crippen LogP contribution in [0.4, 0.5) is 27.6 Å². The molecule has 4 nitrogen and oxygen atoms in total. The molecule has 9 heteroatoms. The molecule has 0 unspecified atom stereocenters. The zero-order valence-corrected chi connectivity index (χ0v) is 19.5. The van der Waals surface area contributed by atoms with Crippen LogP contribution in [0.1, 0.15) is 30.8 Å². The van der Waals surface area contributed by atoms with Crippen molar-refractivity contribution in [3.63, 3.8) is 0 Å². The molecule has 0 N–H and O–H groups in total. The molecule has 4 aromatic rings. The molecule has 2 heterocycles. The second-order valence-corrected chi connectivity index (χ2v) is 8.88. The average Bonchev–Trinajstić information content (AvgIpc) is 3.30. The fraction of sp³-hybridized carbons (Fsp3) is 0.231. The van der Waals surface area contributed by atoms with Crippen LogP contribution in [0.3, 0.4) is 0 Å². The topological polar surface area (TPSA) is 34.0 Å². The summed E-state index contributed by atoms with van der Waals surface area (Å²) in [5.74, 6) is -3.37. The van der Waals surface area contributed by atoms with Gasteiger partial charge in [-0.05, 0) is 56.3 Å². The number of hydrogen-bond donors (Lipinski definition) is 0. The molecule has 0 radical (unpaired) electrons. The molecule has 2 aromatic heterocycles. The van der Waals surface area contributed by atoms with Crippen molar-refractivity contribution in [1.29, 1.82) is 0 Å². The molecule has 4 rings (SSSR count). The third-order valence-electron chi connectivity index (χ3n) is 5.87. The van der Waals surface area contributed by atoms with E-state index in [4.69, 9.17) is 0 Å². The summed E-state index contributed by atoms with van der Waals surface area (Å²) in [6, 6.07) is 16.2. The van der Waals surface area contributed by atoms with Gasteiger partial charge in [-0.3, -0.25) is 4.98 Å². The molecule has 0 aliphatic heterocycles. The number of hydrogen-bond acceptors (Lipinski definition) is 3. The number of aromatic nitrogens is 3. The first-order chi connectivity index (χ1) is 16.4. The maximum atomic E-state index is 15.0. The largest absolute Gasteiger partial charge is 0.422 e. The molecule has 0 saturated carbocycles. The number of anilines is 1. The smallest absolute Gasteiger partial charge is 0.378 e. The summed E-state index contributed by atoms with van der Waals surface area (Å²) in [6.45, 7) is 3.75. The fourth-order valence-corrected chi connectivity index (χ4v) is 3.76. The SMILES string of the molecule is CN(C)c1cc(-c2ccc(F)c(C(F)(F)F)c2F)nc(C(C)(C)c2ccn(-c3ccccc3)n2)c1. The molecule has 0 bridgehead atoms. The Hall–Kier alpha value is -3.75. The van der Waals surface area contributed by atoms with E-state index in [9.17, 15) is 22.0 Å². The molecule has 0 fully saturated rings. The van der Waals surface area contributed by atoms with Crippen LogP contribution in [0.5, 0.6) is 0 Å². The highest BCUT2D eigenvalue weighted by Gasteiger charge is 2.39. The molecule has 0 atom stereocenters. The van der Waals surface area contributed by atoms with E-state index in [2.05, 4.69) is 10.1 Å². The number of para-hydroxylation sites is 1. The lowest BCUT2D eigenvalue weighted by molar-refractivity contribution is -0.142. The van der Waals surface area contributed by atoms with Crippen LogP contribution in [-0.2, 0) is 11.6 Å². The van der Waals surface area contributed by atoms with Gasteiger partial charge in [0.05, 0.1) is 28.2 Å². The van der Waals surface area contributed by atoms with Gasteiger partial charge in [-0.25, -0.2) is 13.5 Å². The number of pyridine rings is 1. The van der Waals surface area contributed by atoms with Crippen molar-refractivity contribution in [2.24, 2.45) is 0 Å². The van der Waals surface area contributed by atoms with Crippen LogP contribution in [0, 0.1) is 11.6 Å². The average molecular weight is 486 g/mol. The van der Waals surface area contributed by atoms with Crippen molar-refractivity contribution in [2.75, 3.05) is 19.0 Å². The predicted octanol–water partition coefficient (Wildman–Crippen LogP) is 6.62. The second-order valence-electron chi connectivity index (χ2n) is 8.88. The van der Waals surface area contributed by atoms with E-state index in [0.717, 1.165) is 11.8 Å². The number of rotatable bonds is 5. The van der Waals surface area contributed by atoms with Crippen molar-refractivity contribution in [2.45, 2.75) is 25.4 Å². The summed E-state index contributed by atoms with van der Waals surface area (Å²) in [6.07, 6.45) is -3.38. The summed E-state index contributed by atoms with van der Waals surface area (Å²) in [5.41, 5.74) is -0.616. The number of nitrogens with zero attached hydrogens (tertiary/aromatic N) is 4. The molecule has 35 heavy (non-hydrogen) atoms. The zero-order chi connectivity index (χ0) is 25.5. The zero-order valence-electron chi connectivity index (χ0n) is 19.5. The van der Waals surface area contributed by atoms with Crippen molar-refractivity contribution in [3.05, 3.63) is 95.4 Å². The van der Waals surface area contributed by atoms with Crippen LogP contribution in [0.15, 0.2) is 66.9 Å². The molecule has 0 spiro atoms. The Balaban J connectivity index is 1.85. The van der Waals surface area contributed by atoms with Crippen LogP contribution < -0.4 is 4.90 Å². The molecule has 182 valence electrons. The quantitative estimate of drug-likeness (QED) is 0.297. The van der Waals surface area contributed by atoms with E-state index in [1.807, 2.05) is 50.2 Å². The lowest BCUT2D eigenvalue weighted by Gasteiger charge is -2.25. The molecule has 0 saturated heterocycles. The van der Waals surface area contributed by atoms with Crippen LogP contribution in [-0.4, -0.2) is 28.9 Å². The molecule has 2 aromatic carbocycles. The maximum Gasteiger partial charge on any atom is 0.422 e. The first kappa shape index (κ1) is 24.4. The van der Waals surface area contributed by atoms with Crippen LogP contribution in [0.25, 0.3) is 16.9 Å². The molecule has 0 amide bonds. The lowest BCUT2D eigenvalue weighted by Crippen LogP contribution is -2.23. The fourth-order valence-electron chi connectivity index (χ4n) is 3.76. The van der Waals surface area contributed by atoms with Gasteiger partial charge >= 0.3 is 6.18 Å². The molecule has 0 aliphatic carbocycles. The standard InChI is InChI=1S/C26H23F5N4/c1-25(2,21-12-13-35(33-21)16-8-6-5-7-9-16)22-15-17(34(3)4)14-20(32-22)18-10-11-19(27)23(24(18)28)26(29,30)31/h5-15H,1-4H3. The molecule has 0 aliphatic rings. The summed E-state index contributed by atoms with van der Waals surface area (Å²) in [7, 11) is 3.50. The van der Waals surface area contributed by atoms with Crippen molar-refractivity contribution < 1.29 is 22.0 Å². The van der Waals surface area contributed by atoms with Gasteiger partial charge in [-0.2, -0.15) is 18.3 Å². The lowest BCUT2D eigenvalue weighted by atomic mass is 9.84. The highest BCUT2D eigenvalue weighted by molar-refractivity contribution is 5.67. The first-order valence-corrected chi connectivity index (χ1v) is 10.8. The highest BCUT2D eigenvalue weighted by Crippen LogP contribution is 2.39. The van der Waals surface area contributed by atoms with E-state index in [1.54, 1.807) is 35.9 Å². The van der Waals surface area contributed by atoms with Crippen molar-refractivity contribution in [3.8, 4) is 16.9 Å². The predicted molar refractivity (Wildman–Crippen MR) is 125 cm³/mol. The van der Waals surface area contributed by atoms with E-state index >= 15 is 0 Å². The Morgan fingerprint density at radius 3 is 2.17 bits per heavy atom. The highest BCUT2D eigenvalue weighted by atomic mass is 19.4. The minimum Gasteiger partial charge on any atom is -0.378 e. The van der Waals surface area contributed by atoms with E-state index in [1.165, 1.54) is 6.07 Å². The van der Waals surface area contributed by atoms with Crippen molar-refractivity contribution >= 4 is 5.69 Å². The number of alkyl halides is 3. The van der Waals surface area contributed by atoms with E-state index < -0.39 is 34.4 Å². The van der Waals surface area contributed by atoms with Gasteiger partial charge in [0.15, 0.2) is 0 Å². The minimum absolute atomic E-state index is 0.0373. The first-order valence-electron chi connectivity index (χ1n) is 10.8. The van der Waals surface area contributed by atoms with Gasteiger partial charge in [-0.15, -0.1) is 0 Å². The normalized spacial score (nSPS) is 12.1. The second kappa shape index (κ2) is 8.79. The summed E-state index contributed by atoms with van der Waals surface area (Å²) in [4.78, 5) is 6.26.